The van der Waals surface area contributed by atoms with E-state index in [0.717, 1.165) is 11.3 Å². The summed E-state index contributed by atoms with van der Waals surface area (Å²) in [4.78, 5) is 25.5. The maximum atomic E-state index is 12.3. The normalized spacial score (nSPS) is 10.4. The number of aryl methyl sites for hydroxylation is 1. The molecule has 2 rings (SSSR count). The lowest BCUT2D eigenvalue weighted by molar-refractivity contribution is -0.135. The first-order valence-electron chi connectivity index (χ1n) is 8.27. The minimum Gasteiger partial charge on any atom is -0.355 e. The van der Waals surface area contributed by atoms with Crippen molar-refractivity contribution in [3.05, 3.63) is 48.3 Å². The lowest BCUT2D eigenvalue weighted by atomic mass is 10.2. The Morgan fingerprint density at radius 2 is 1.96 bits per heavy atom. The van der Waals surface area contributed by atoms with Gasteiger partial charge in [0.15, 0.2) is 0 Å². The molecular weight excluding hydrogens is 304 g/mol. The van der Waals surface area contributed by atoms with Gasteiger partial charge in [0.2, 0.25) is 11.8 Å². The average molecular weight is 328 g/mol. The molecule has 1 aromatic heterocycles. The molecule has 0 aliphatic heterocycles. The van der Waals surface area contributed by atoms with E-state index < -0.39 is 0 Å². The third kappa shape index (κ3) is 4.94. The predicted octanol–water partition coefficient (Wildman–Crippen LogP) is 1.79. The number of carbonyl (C=O) groups excluding carboxylic acids is 2. The Labute approximate surface area is 142 Å². The molecule has 0 saturated heterocycles. The zero-order chi connectivity index (χ0) is 17.4. The van der Waals surface area contributed by atoms with Crippen LogP contribution in [-0.2, 0) is 16.0 Å². The lowest BCUT2D eigenvalue weighted by Crippen LogP contribution is -2.40. The van der Waals surface area contributed by atoms with E-state index in [1.54, 1.807) is 15.8 Å². The van der Waals surface area contributed by atoms with E-state index in [1.807, 2.05) is 50.4 Å². The first-order valence-corrected chi connectivity index (χ1v) is 8.27. The van der Waals surface area contributed by atoms with Crippen LogP contribution >= 0.6 is 0 Å². The van der Waals surface area contributed by atoms with Gasteiger partial charge in [0.25, 0.3) is 0 Å². The summed E-state index contributed by atoms with van der Waals surface area (Å²) in [5.74, 6) is -0.138. The SMILES string of the molecule is CCNC(=O)CN(CC)C(=O)CCc1cnn(-c2ccccc2)c1. The highest BCUT2D eigenvalue weighted by molar-refractivity contribution is 5.84. The highest BCUT2D eigenvalue weighted by Crippen LogP contribution is 2.10. The highest BCUT2D eigenvalue weighted by Gasteiger charge is 2.15. The molecule has 6 heteroatoms. The summed E-state index contributed by atoms with van der Waals surface area (Å²) in [5.41, 5.74) is 1.99. The fourth-order valence-corrected chi connectivity index (χ4v) is 2.42. The van der Waals surface area contributed by atoms with Crippen LogP contribution in [0.1, 0.15) is 25.8 Å². The summed E-state index contributed by atoms with van der Waals surface area (Å²) in [7, 11) is 0. The molecule has 0 unspecified atom stereocenters. The van der Waals surface area contributed by atoms with E-state index >= 15 is 0 Å². The largest absolute Gasteiger partial charge is 0.355 e. The molecule has 0 saturated carbocycles. The third-order valence-electron chi connectivity index (χ3n) is 3.73. The fraction of sp³-hybridized carbons (Fsp3) is 0.389. The molecule has 0 aliphatic carbocycles. The van der Waals surface area contributed by atoms with E-state index in [4.69, 9.17) is 0 Å². The Hall–Kier alpha value is -2.63. The standard InChI is InChI=1S/C18H24N4O2/c1-3-19-17(23)14-21(4-2)18(24)11-10-15-12-20-22(13-15)16-8-6-5-7-9-16/h5-9,12-13H,3-4,10-11,14H2,1-2H3,(H,19,23). The molecule has 6 nitrogen and oxygen atoms in total. The fourth-order valence-electron chi connectivity index (χ4n) is 2.42. The third-order valence-corrected chi connectivity index (χ3v) is 3.73. The minimum absolute atomic E-state index is 0.0174. The second-order valence-electron chi connectivity index (χ2n) is 5.49. The first kappa shape index (κ1) is 17.7. The van der Waals surface area contributed by atoms with Gasteiger partial charge in [-0.25, -0.2) is 4.68 Å². The van der Waals surface area contributed by atoms with Crippen LogP contribution in [0, 0.1) is 0 Å². The number of nitrogens with one attached hydrogen (secondary N) is 1. The minimum atomic E-state index is -0.121. The van der Waals surface area contributed by atoms with E-state index in [9.17, 15) is 9.59 Å². The van der Waals surface area contributed by atoms with Gasteiger partial charge in [-0.3, -0.25) is 9.59 Å². The van der Waals surface area contributed by atoms with E-state index in [1.165, 1.54) is 0 Å². The van der Waals surface area contributed by atoms with Crippen molar-refractivity contribution < 1.29 is 9.59 Å². The number of rotatable bonds is 8. The number of hydrogen-bond donors (Lipinski definition) is 1. The van der Waals surface area contributed by atoms with Crippen molar-refractivity contribution in [2.75, 3.05) is 19.6 Å². The maximum Gasteiger partial charge on any atom is 0.239 e. The quantitative estimate of drug-likeness (QED) is 0.803. The van der Waals surface area contributed by atoms with Crippen molar-refractivity contribution in [2.45, 2.75) is 26.7 Å². The van der Waals surface area contributed by atoms with Crippen LogP contribution in [0.4, 0.5) is 0 Å². The Kier molecular flexibility index (Phi) is 6.54. The van der Waals surface area contributed by atoms with Gasteiger partial charge in [0, 0.05) is 25.7 Å². The molecule has 0 bridgehead atoms. The van der Waals surface area contributed by atoms with Gasteiger partial charge in [-0.1, -0.05) is 18.2 Å². The average Bonchev–Trinajstić information content (AvgIpc) is 3.07. The van der Waals surface area contributed by atoms with Gasteiger partial charge in [-0.15, -0.1) is 0 Å². The first-order chi connectivity index (χ1) is 11.6. The number of nitrogens with zero attached hydrogens (tertiary/aromatic N) is 3. The summed E-state index contributed by atoms with van der Waals surface area (Å²) in [6.45, 7) is 4.96. The van der Waals surface area contributed by atoms with E-state index in [2.05, 4.69) is 10.4 Å². The van der Waals surface area contributed by atoms with Crippen LogP contribution in [0.15, 0.2) is 42.7 Å². The van der Waals surface area contributed by atoms with E-state index in [-0.39, 0.29) is 18.4 Å². The van der Waals surface area contributed by atoms with Crippen molar-refractivity contribution in [3.63, 3.8) is 0 Å². The summed E-state index contributed by atoms with van der Waals surface area (Å²) < 4.78 is 1.80. The van der Waals surface area contributed by atoms with Crippen LogP contribution in [0.3, 0.4) is 0 Å². The Bertz CT molecular complexity index is 667. The molecule has 1 N–H and O–H groups in total. The summed E-state index contributed by atoms with van der Waals surface area (Å²) in [6, 6.07) is 9.84. The van der Waals surface area contributed by atoms with Crippen LogP contribution in [0.5, 0.6) is 0 Å². The van der Waals surface area contributed by atoms with Crippen LogP contribution < -0.4 is 5.32 Å². The molecule has 0 spiro atoms. The number of para-hydroxylation sites is 1. The number of benzene rings is 1. The van der Waals surface area contributed by atoms with Gasteiger partial charge >= 0.3 is 0 Å². The van der Waals surface area contributed by atoms with Crippen molar-refractivity contribution in [3.8, 4) is 5.69 Å². The van der Waals surface area contributed by atoms with Crippen molar-refractivity contribution in [2.24, 2.45) is 0 Å². The van der Waals surface area contributed by atoms with Gasteiger partial charge in [-0.05, 0) is 38.0 Å². The molecule has 1 heterocycles. The van der Waals surface area contributed by atoms with Gasteiger partial charge < -0.3 is 10.2 Å². The summed E-state index contributed by atoms with van der Waals surface area (Å²) in [6.07, 6.45) is 4.69. The zero-order valence-electron chi connectivity index (χ0n) is 14.2. The summed E-state index contributed by atoms with van der Waals surface area (Å²) >= 11 is 0. The Morgan fingerprint density at radius 3 is 2.62 bits per heavy atom. The number of hydrogen-bond acceptors (Lipinski definition) is 3. The smallest absolute Gasteiger partial charge is 0.239 e. The van der Waals surface area contributed by atoms with Crippen LogP contribution in [-0.4, -0.2) is 46.1 Å². The zero-order valence-corrected chi connectivity index (χ0v) is 14.2. The van der Waals surface area contributed by atoms with Crippen molar-refractivity contribution in [1.82, 2.24) is 20.0 Å². The van der Waals surface area contributed by atoms with Crippen molar-refractivity contribution >= 4 is 11.8 Å². The van der Waals surface area contributed by atoms with Gasteiger partial charge in [0.1, 0.15) is 0 Å². The topological polar surface area (TPSA) is 67.2 Å². The predicted molar refractivity (Wildman–Crippen MR) is 92.8 cm³/mol. The van der Waals surface area contributed by atoms with Gasteiger partial charge in [-0.2, -0.15) is 5.10 Å². The number of carbonyl (C=O) groups is 2. The maximum absolute atomic E-state index is 12.3. The number of likely N-dealkylation sites (N-methyl/N-ethyl adjacent to an activating group) is 2. The molecule has 0 radical (unpaired) electrons. The number of aromatic nitrogens is 2. The Balaban J connectivity index is 1.89. The van der Waals surface area contributed by atoms with Crippen LogP contribution in [0.2, 0.25) is 0 Å². The number of amides is 2. The van der Waals surface area contributed by atoms with Gasteiger partial charge in [0.05, 0.1) is 18.4 Å². The molecule has 2 amide bonds. The molecular formula is C18H24N4O2. The van der Waals surface area contributed by atoms with Crippen LogP contribution in [0.25, 0.3) is 5.69 Å². The molecule has 0 aliphatic rings. The second-order valence-corrected chi connectivity index (χ2v) is 5.49. The molecule has 0 atom stereocenters. The van der Waals surface area contributed by atoms with Crippen molar-refractivity contribution in [1.29, 1.82) is 0 Å². The monoisotopic (exact) mass is 328 g/mol. The van der Waals surface area contributed by atoms with E-state index in [0.29, 0.717) is 25.9 Å². The molecule has 0 fully saturated rings. The Morgan fingerprint density at radius 1 is 1.21 bits per heavy atom. The molecule has 128 valence electrons. The summed E-state index contributed by atoms with van der Waals surface area (Å²) in [5, 5.41) is 7.04. The lowest BCUT2D eigenvalue weighted by Gasteiger charge is -2.20. The highest BCUT2D eigenvalue weighted by atomic mass is 16.2. The second kappa shape index (κ2) is 8.86. The molecule has 2 aromatic rings. The molecule has 24 heavy (non-hydrogen) atoms. The molecule has 1 aromatic carbocycles.